The molecule has 1 amide bonds. The van der Waals surface area contributed by atoms with Crippen LogP contribution in [0.5, 0.6) is 0 Å². The highest BCUT2D eigenvalue weighted by Gasteiger charge is 2.12. The summed E-state index contributed by atoms with van der Waals surface area (Å²) in [4.78, 5) is 11.7. The monoisotopic (exact) mass is 348 g/mol. The molecule has 0 radical (unpaired) electrons. The number of halogens is 1. The summed E-state index contributed by atoms with van der Waals surface area (Å²) in [5.41, 5.74) is 4.72. The number of furan rings is 1. The molecule has 1 aromatic heterocycles. The number of nitrogens with zero attached hydrogens (tertiary/aromatic N) is 1. The molecule has 1 N–H and O–H groups in total. The number of amides is 1. The van der Waals surface area contributed by atoms with Gasteiger partial charge in [0.05, 0.1) is 6.21 Å². The van der Waals surface area contributed by atoms with Crippen LogP contribution in [0, 0.1) is 0 Å². The van der Waals surface area contributed by atoms with Crippen LogP contribution in [0.3, 0.4) is 0 Å². The molecule has 0 atom stereocenters. The predicted octanol–water partition coefficient (Wildman–Crippen LogP) is 4.10. The van der Waals surface area contributed by atoms with E-state index in [1.807, 2.05) is 12.1 Å². The van der Waals surface area contributed by atoms with Crippen molar-refractivity contribution in [3.8, 4) is 0 Å². The van der Waals surface area contributed by atoms with Crippen molar-refractivity contribution in [2.24, 2.45) is 5.10 Å². The highest BCUT2D eigenvalue weighted by atomic mass is 79.9. The molecular formula is C16H17BrN2O2. The molecule has 1 heterocycles. The predicted molar refractivity (Wildman–Crippen MR) is 86.6 cm³/mol. The van der Waals surface area contributed by atoms with Crippen molar-refractivity contribution in [3.63, 3.8) is 0 Å². The Morgan fingerprint density at radius 1 is 1.19 bits per heavy atom. The van der Waals surface area contributed by atoms with Crippen molar-refractivity contribution >= 4 is 28.1 Å². The van der Waals surface area contributed by atoms with Gasteiger partial charge in [-0.3, -0.25) is 4.79 Å². The lowest BCUT2D eigenvalue weighted by atomic mass is 9.87. The Morgan fingerprint density at radius 2 is 1.86 bits per heavy atom. The molecule has 110 valence electrons. The zero-order chi connectivity index (χ0) is 15.5. The van der Waals surface area contributed by atoms with E-state index in [1.54, 1.807) is 18.3 Å². The number of carbonyl (C=O) groups is 1. The molecule has 5 heteroatoms. The summed E-state index contributed by atoms with van der Waals surface area (Å²) in [6, 6.07) is 11.3. The van der Waals surface area contributed by atoms with Crippen molar-refractivity contribution in [3.05, 3.63) is 58.0 Å². The fraction of sp³-hybridized carbons (Fsp3) is 0.250. The van der Waals surface area contributed by atoms with Crippen LogP contribution in [0.4, 0.5) is 0 Å². The molecule has 0 spiro atoms. The van der Waals surface area contributed by atoms with E-state index in [-0.39, 0.29) is 17.1 Å². The van der Waals surface area contributed by atoms with Gasteiger partial charge in [0.1, 0.15) is 0 Å². The molecule has 0 saturated heterocycles. The van der Waals surface area contributed by atoms with Crippen molar-refractivity contribution in [2.75, 3.05) is 0 Å². The van der Waals surface area contributed by atoms with Crippen molar-refractivity contribution in [2.45, 2.75) is 26.2 Å². The molecule has 2 aromatic rings. The van der Waals surface area contributed by atoms with Crippen LogP contribution < -0.4 is 5.43 Å². The van der Waals surface area contributed by atoms with Gasteiger partial charge in [0.15, 0.2) is 10.4 Å². The van der Waals surface area contributed by atoms with Gasteiger partial charge < -0.3 is 4.42 Å². The smallest absolute Gasteiger partial charge is 0.307 e. The minimum absolute atomic E-state index is 0.122. The van der Waals surface area contributed by atoms with E-state index >= 15 is 0 Å². The molecule has 0 saturated carbocycles. The average Bonchev–Trinajstić information content (AvgIpc) is 2.85. The molecule has 0 aliphatic rings. The Kier molecular flexibility index (Phi) is 4.63. The normalized spacial score (nSPS) is 11.8. The summed E-state index contributed by atoms with van der Waals surface area (Å²) in [7, 11) is 0. The zero-order valence-corrected chi connectivity index (χ0v) is 13.8. The van der Waals surface area contributed by atoms with E-state index in [2.05, 4.69) is 59.4 Å². The third-order valence-electron chi connectivity index (χ3n) is 2.95. The van der Waals surface area contributed by atoms with E-state index in [1.165, 1.54) is 5.56 Å². The first-order valence-corrected chi connectivity index (χ1v) is 7.35. The molecule has 4 nitrogen and oxygen atoms in total. The Labute approximate surface area is 132 Å². The largest absolute Gasteiger partial charge is 0.444 e. The minimum atomic E-state index is -0.386. The van der Waals surface area contributed by atoms with Gasteiger partial charge in [0, 0.05) is 0 Å². The minimum Gasteiger partial charge on any atom is -0.444 e. The second-order valence-corrected chi connectivity index (χ2v) is 6.46. The lowest BCUT2D eigenvalue weighted by Crippen LogP contribution is -2.16. The molecule has 0 unspecified atom stereocenters. The van der Waals surface area contributed by atoms with Crippen molar-refractivity contribution in [1.29, 1.82) is 0 Å². The maximum absolute atomic E-state index is 11.7. The lowest BCUT2D eigenvalue weighted by molar-refractivity contribution is 0.0926. The summed E-state index contributed by atoms with van der Waals surface area (Å²) in [6.07, 6.45) is 1.60. The van der Waals surface area contributed by atoms with E-state index in [9.17, 15) is 4.79 Å². The van der Waals surface area contributed by atoms with Gasteiger partial charge in [0.2, 0.25) is 0 Å². The van der Waals surface area contributed by atoms with Gasteiger partial charge in [-0.25, -0.2) is 5.43 Å². The number of hydrazone groups is 1. The molecule has 0 aliphatic carbocycles. The number of benzene rings is 1. The Bertz CT molecular complexity index is 652. The SMILES string of the molecule is CC(C)(C)c1ccc(C=NNC(=O)c2ccc(Br)o2)cc1. The van der Waals surface area contributed by atoms with Crippen LogP contribution in [-0.2, 0) is 5.41 Å². The quantitative estimate of drug-likeness (QED) is 0.670. The fourth-order valence-electron chi connectivity index (χ4n) is 1.73. The second kappa shape index (κ2) is 6.26. The number of rotatable bonds is 3. The maximum Gasteiger partial charge on any atom is 0.307 e. The molecule has 21 heavy (non-hydrogen) atoms. The molecule has 1 aromatic carbocycles. The molecule has 0 aliphatic heterocycles. The first kappa shape index (κ1) is 15.5. The van der Waals surface area contributed by atoms with Crippen molar-refractivity contribution < 1.29 is 9.21 Å². The molecular weight excluding hydrogens is 332 g/mol. The lowest BCUT2D eigenvalue weighted by Gasteiger charge is -2.18. The van der Waals surface area contributed by atoms with Gasteiger partial charge in [-0.05, 0) is 44.6 Å². The van der Waals surface area contributed by atoms with Crippen LogP contribution in [0.1, 0.15) is 42.5 Å². The van der Waals surface area contributed by atoms with Crippen LogP contribution in [0.25, 0.3) is 0 Å². The van der Waals surface area contributed by atoms with Crippen molar-refractivity contribution in [1.82, 2.24) is 5.43 Å². The average molecular weight is 349 g/mol. The summed E-state index contributed by atoms with van der Waals surface area (Å²) in [5.74, 6) is -0.176. The summed E-state index contributed by atoms with van der Waals surface area (Å²) >= 11 is 3.14. The molecule has 0 fully saturated rings. The Morgan fingerprint density at radius 3 is 2.38 bits per heavy atom. The number of hydrogen-bond donors (Lipinski definition) is 1. The standard InChI is InChI=1S/C16H17BrN2O2/c1-16(2,3)12-6-4-11(5-7-12)10-18-19-15(20)13-8-9-14(17)21-13/h4-10H,1-3H3,(H,19,20). The van der Waals surface area contributed by atoms with E-state index in [0.29, 0.717) is 4.67 Å². The van der Waals surface area contributed by atoms with Gasteiger partial charge >= 0.3 is 5.91 Å². The van der Waals surface area contributed by atoms with Gasteiger partial charge in [-0.2, -0.15) is 5.10 Å². The van der Waals surface area contributed by atoms with Gasteiger partial charge in [0.25, 0.3) is 0 Å². The zero-order valence-electron chi connectivity index (χ0n) is 12.2. The van der Waals surface area contributed by atoms with Crippen LogP contribution in [0.2, 0.25) is 0 Å². The third-order valence-corrected chi connectivity index (χ3v) is 3.38. The summed E-state index contributed by atoms with van der Waals surface area (Å²) in [6.45, 7) is 6.49. The fourth-order valence-corrected chi connectivity index (χ4v) is 2.03. The first-order valence-electron chi connectivity index (χ1n) is 6.55. The number of hydrogen-bond acceptors (Lipinski definition) is 3. The highest BCUT2D eigenvalue weighted by Crippen LogP contribution is 2.21. The Balaban J connectivity index is 1.97. The summed E-state index contributed by atoms with van der Waals surface area (Å²) < 4.78 is 5.64. The maximum atomic E-state index is 11.7. The van der Waals surface area contributed by atoms with Crippen LogP contribution in [-0.4, -0.2) is 12.1 Å². The van der Waals surface area contributed by atoms with E-state index in [0.717, 1.165) is 5.56 Å². The number of carbonyl (C=O) groups excluding carboxylic acids is 1. The van der Waals surface area contributed by atoms with E-state index < -0.39 is 0 Å². The van der Waals surface area contributed by atoms with E-state index in [4.69, 9.17) is 4.42 Å². The second-order valence-electron chi connectivity index (χ2n) is 5.67. The topological polar surface area (TPSA) is 54.6 Å². The van der Waals surface area contributed by atoms with Crippen LogP contribution >= 0.6 is 15.9 Å². The van der Waals surface area contributed by atoms with Gasteiger partial charge in [-0.1, -0.05) is 45.0 Å². The number of nitrogens with one attached hydrogen (secondary N) is 1. The molecule has 0 bridgehead atoms. The highest BCUT2D eigenvalue weighted by molar-refractivity contribution is 9.10. The first-order chi connectivity index (χ1) is 9.86. The van der Waals surface area contributed by atoms with Gasteiger partial charge in [-0.15, -0.1) is 0 Å². The third kappa shape index (κ3) is 4.29. The molecule has 2 rings (SSSR count). The summed E-state index contributed by atoms with van der Waals surface area (Å²) in [5, 5.41) is 3.92. The Hall–Kier alpha value is -1.88. The van der Waals surface area contributed by atoms with Crippen LogP contribution in [0.15, 0.2) is 50.6 Å².